The molecule has 1 heterocycles. The summed E-state index contributed by atoms with van der Waals surface area (Å²) in [6.07, 6.45) is 7.97. The van der Waals surface area contributed by atoms with E-state index in [1.54, 1.807) is 0 Å². The van der Waals surface area contributed by atoms with Gasteiger partial charge < -0.3 is 10.6 Å². The van der Waals surface area contributed by atoms with Gasteiger partial charge in [0.15, 0.2) is 0 Å². The van der Waals surface area contributed by atoms with Crippen LogP contribution in [0.5, 0.6) is 0 Å². The third-order valence-electron chi connectivity index (χ3n) is 5.33. The van der Waals surface area contributed by atoms with Gasteiger partial charge in [-0.15, -0.1) is 0 Å². The molecule has 1 aromatic carbocycles. The van der Waals surface area contributed by atoms with Crippen LogP contribution in [0.3, 0.4) is 0 Å². The van der Waals surface area contributed by atoms with Gasteiger partial charge in [0.05, 0.1) is 11.6 Å². The Hall–Kier alpha value is -2.06. The molecular formula is C20H28N4O. The van der Waals surface area contributed by atoms with E-state index in [1.165, 1.54) is 24.8 Å². The third kappa shape index (κ3) is 5.47. The summed E-state index contributed by atoms with van der Waals surface area (Å²) in [6.45, 7) is 2.83. The summed E-state index contributed by atoms with van der Waals surface area (Å²) in [5.74, 6) is 0. The van der Waals surface area contributed by atoms with E-state index in [2.05, 4.69) is 27.7 Å². The second-order valence-corrected chi connectivity index (χ2v) is 7.32. The molecule has 0 unspecified atom stereocenters. The largest absolute Gasteiger partial charge is 0.335 e. The Balaban J connectivity index is 1.39. The number of carbonyl (C=O) groups is 1. The summed E-state index contributed by atoms with van der Waals surface area (Å²) in [5, 5.41) is 15.3. The summed E-state index contributed by atoms with van der Waals surface area (Å²) in [4.78, 5) is 14.6. The van der Waals surface area contributed by atoms with E-state index in [9.17, 15) is 4.79 Å². The minimum Gasteiger partial charge on any atom is -0.335 e. The molecule has 1 saturated carbocycles. The SMILES string of the molecule is N#Cc1cccc(CN2CCC(NC(=O)NC3CCCCC3)CC2)c1. The van der Waals surface area contributed by atoms with Crippen LogP contribution < -0.4 is 10.6 Å². The Morgan fingerprint density at radius 1 is 1.08 bits per heavy atom. The number of carbonyl (C=O) groups excluding carboxylic acids is 1. The fourth-order valence-corrected chi connectivity index (χ4v) is 3.89. The Morgan fingerprint density at radius 2 is 1.76 bits per heavy atom. The maximum atomic E-state index is 12.2. The van der Waals surface area contributed by atoms with Crippen molar-refractivity contribution in [2.75, 3.05) is 13.1 Å². The zero-order chi connectivity index (χ0) is 17.5. The van der Waals surface area contributed by atoms with Crippen molar-refractivity contribution in [3.05, 3.63) is 35.4 Å². The molecule has 0 bridgehead atoms. The van der Waals surface area contributed by atoms with Gasteiger partial charge in [0, 0.05) is 31.7 Å². The zero-order valence-corrected chi connectivity index (χ0v) is 14.8. The molecule has 1 aliphatic carbocycles. The second-order valence-electron chi connectivity index (χ2n) is 7.32. The van der Waals surface area contributed by atoms with Crippen LogP contribution in [0, 0.1) is 11.3 Å². The van der Waals surface area contributed by atoms with E-state index in [4.69, 9.17) is 5.26 Å². The van der Waals surface area contributed by atoms with Crippen molar-refractivity contribution < 1.29 is 4.79 Å². The molecule has 2 fully saturated rings. The molecule has 5 heteroatoms. The fourth-order valence-electron chi connectivity index (χ4n) is 3.89. The normalized spacial score (nSPS) is 20.0. The van der Waals surface area contributed by atoms with E-state index in [0.717, 1.165) is 45.3 Å². The van der Waals surface area contributed by atoms with Crippen LogP contribution in [0.4, 0.5) is 4.79 Å². The Bertz CT molecular complexity index is 610. The number of nitrogens with one attached hydrogen (secondary N) is 2. The molecule has 1 saturated heterocycles. The van der Waals surface area contributed by atoms with Crippen LogP contribution in [0.15, 0.2) is 24.3 Å². The van der Waals surface area contributed by atoms with Crippen LogP contribution in [0.2, 0.25) is 0 Å². The Kier molecular flexibility index (Phi) is 6.30. The zero-order valence-electron chi connectivity index (χ0n) is 14.8. The van der Waals surface area contributed by atoms with E-state index in [1.807, 2.05) is 18.2 Å². The Morgan fingerprint density at radius 3 is 2.44 bits per heavy atom. The van der Waals surface area contributed by atoms with E-state index >= 15 is 0 Å². The molecule has 0 atom stereocenters. The van der Waals surface area contributed by atoms with Gasteiger partial charge >= 0.3 is 6.03 Å². The molecule has 3 rings (SSSR count). The molecule has 0 radical (unpaired) electrons. The number of nitrogens with zero attached hydrogens (tertiary/aromatic N) is 2. The first-order chi connectivity index (χ1) is 12.2. The smallest absolute Gasteiger partial charge is 0.315 e. The van der Waals surface area contributed by atoms with Crippen molar-refractivity contribution in [2.45, 2.75) is 63.6 Å². The number of rotatable bonds is 4. The van der Waals surface area contributed by atoms with Crippen molar-refractivity contribution in [1.29, 1.82) is 5.26 Å². The molecule has 2 amide bonds. The fraction of sp³-hybridized carbons (Fsp3) is 0.600. The van der Waals surface area contributed by atoms with E-state index in [-0.39, 0.29) is 12.1 Å². The predicted molar refractivity (Wildman–Crippen MR) is 98.0 cm³/mol. The minimum absolute atomic E-state index is 0.00655. The molecule has 25 heavy (non-hydrogen) atoms. The summed E-state index contributed by atoms with van der Waals surface area (Å²) in [7, 11) is 0. The average molecular weight is 340 g/mol. The number of piperidine rings is 1. The van der Waals surface area contributed by atoms with Crippen molar-refractivity contribution in [2.24, 2.45) is 0 Å². The third-order valence-corrected chi connectivity index (χ3v) is 5.33. The molecule has 1 aromatic rings. The van der Waals surface area contributed by atoms with Gasteiger partial charge in [0.1, 0.15) is 0 Å². The number of hydrogen-bond donors (Lipinski definition) is 2. The van der Waals surface area contributed by atoms with Gasteiger partial charge in [-0.1, -0.05) is 31.4 Å². The molecular weight excluding hydrogens is 312 g/mol. The van der Waals surface area contributed by atoms with Crippen LogP contribution in [0.25, 0.3) is 0 Å². The molecule has 0 spiro atoms. The van der Waals surface area contributed by atoms with Gasteiger partial charge in [-0.3, -0.25) is 4.90 Å². The van der Waals surface area contributed by atoms with Crippen molar-refractivity contribution >= 4 is 6.03 Å². The highest BCUT2D eigenvalue weighted by molar-refractivity contribution is 5.74. The van der Waals surface area contributed by atoms with Gasteiger partial charge in [-0.2, -0.15) is 5.26 Å². The Labute approximate surface area is 150 Å². The van der Waals surface area contributed by atoms with Crippen molar-refractivity contribution in [3.8, 4) is 6.07 Å². The molecule has 2 N–H and O–H groups in total. The van der Waals surface area contributed by atoms with Crippen LogP contribution in [-0.2, 0) is 6.54 Å². The minimum atomic E-state index is 0.00655. The van der Waals surface area contributed by atoms with Gasteiger partial charge in [-0.25, -0.2) is 4.79 Å². The molecule has 2 aliphatic rings. The number of hydrogen-bond acceptors (Lipinski definition) is 3. The summed E-state index contributed by atoms with van der Waals surface area (Å²) in [6, 6.07) is 10.6. The van der Waals surface area contributed by atoms with Crippen molar-refractivity contribution in [1.82, 2.24) is 15.5 Å². The first-order valence-corrected chi connectivity index (χ1v) is 9.51. The lowest BCUT2D eigenvalue weighted by Gasteiger charge is -2.33. The number of likely N-dealkylation sites (tertiary alicyclic amines) is 1. The summed E-state index contributed by atoms with van der Waals surface area (Å²) in [5.41, 5.74) is 1.90. The molecule has 5 nitrogen and oxygen atoms in total. The quantitative estimate of drug-likeness (QED) is 0.885. The van der Waals surface area contributed by atoms with Gasteiger partial charge in [0.25, 0.3) is 0 Å². The summed E-state index contributed by atoms with van der Waals surface area (Å²) < 4.78 is 0. The molecule has 0 aromatic heterocycles. The van der Waals surface area contributed by atoms with Gasteiger partial charge in [0.2, 0.25) is 0 Å². The number of amides is 2. The van der Waals surface area contributed by atoms with Crippen molar-refractivity contribution in [3.63, 3.8) is 0 Å². The first kappa shape index (κ1) is 17.8. The lowest BCUT2D eigenvalue weighted by Crippen LogP contribution is -2.50. The van der Waals surface area contributed by atoms with Crippen LogP contribution in [-0.4, -0.2) is 36.1 Å². The van der Waals surface area contributed by atoms with Crippen LogP contribution >= 0.6 is 0 Å². The monoisotopic (exact) mass is 340 g/mol. The van der Waals surface area contributed by atoms with E-state index in [0.29, 0.717) is 11.6 Å². The number of nitriles is 1. The topological polar surface area (TPSA) is 68.2 Å². The maximum absolute atomic E-state index is 12.2. The first-order valence-electron chi connectivity index (χ1n) is 9.51. The molecule has 134 valence electrons. The predicted octanol–water partition coefficient (Wildman–Crippen LogP) is 3.15. The second kappa shape index (κ2) is 8.87. The highest BCUT2D eigenvalue weighted by atomic mass is 16.2. The highest BCUT2D eigenvalue weighted by Gasteiger charge is 2.22. The average Bonchev–Trinajstić information content (AvgIpc) is 2.64. The highest BCUT2D eigenvalue weighted by Crippen LogP contribution is 2.18. The maximum Gasteiger partial charge on any atom is 0.315 e. The van der Waals surface area contributed by atoms with E-state index < -0.39 is 0 Å². The lowest BCUT2D eigenvalue weighted by molar-refractivity contribution is 0.184. The summed E-state index contributed by atoms with van der Waals surface area (Å²) >= 11 is 0. The molecule has 1 aliphatic heterocycles. The van der Waals surface area contributed by atoms with Crippen LogP contribution in [0.1, 0.15) is 56.1 Å². The number of benzene rings is 1. The van der Waals surface area contributed by atoms with Gasteiger partial charge in [-0.05, 0) is 43.4 Å². The standard InChI is InChI=1S/C20H28N4O/c21-14-16-5-4-6-17(13-16)15-24-11-9-19(10-12-24)23-20(25)22-18-7-2-1-3-8-18/h4-6,13,18-19H,1-3,7-12,15H2,(H2,22,23,25). The number of urea groups is 1. The lowest BCUT2D eigenvalue weighted by atomic mass is 9.96.